The van der Waals surface area contributed by atoms with E-state index < -0.39 is 5.82 Å². The molecule has 0 saturated heterocycles. The Bertz CT molecular complexity index is 612. The lowest BCUT2D eigenvalue weighted by Crippen LogP contribution is -2.23. The van der Waals surface area contributed by atoms with Gasteiger partial charge < -0.3 is 5.73 Å². The van der Waals surface area contributed by atoms with Crippen LogP contribution in [0.15, 0.2) is 35.3 Å². The Kier molecular flexibility index (Phi) is 3.10. The summed E-state index contributed by atoms with van der Waals surface area (Å²) in [5.41, 5.74) is 5.65. The molecule has 0 aliphatic heterocycles. The number of nitrogens with two attached hydrogens (primary N) is 1. The molecule has 0 amide bonds. The van der Waals surface area contributed by atoms with E-state index in [1.54, 1.807) is 6.07 Å². The van der Waals surface area contributed by atoms with Gasteiger partial charge >= 0.3 is 0 Å². The van der Waals surface area contributed by atoms with Crippen LogP contribution in [0.25, 0.3) is 0 Å². The zero-order valence-electron chi connectivity index (χ0n) is 8.73. The van der Waals surface area contributed by atoms with E-state index in [1.807, 2.05) is 0 Å². The molecule has 1 aromatic carbocycles. The summed E-state index contributed by atoms with van der Waals surface area (Å²) in [6, 6.07) is 5.50. The maximum Gasteiger partial charge on any atom is 0.269 e. The first-order valence-corrected chi connectivity index (χ1v) is 5.20. The van der Waals surface area contributed by atoms with Gasteiger partial charge in [-0.15, -0.1) is 0 Å². The van der Waals surface area contributed by atoms with Gasteiger partial charge in [0.05, 0.1) is 18.4 Å². The second kappa shape index (κ2) is 4.55. The summed E-state index contributed by atoms with van der Waals surface area (Å²) in [5.74, 6) is -0.469. The van der Waals surface area contributed by atoms with Crippen LogP contribution in [-0.4, -0.2) is 9.78 Å². The van der Waals surface area contributed by atoms with Crippen LogP contribution in [0, 0.1) is 5.82 Å². The summed E-state index contributed by atoms with van der Waals surface area (Å²) < 4.78 is 14.6. The van der Waals surface area contributed by atoms with E-state index in [9.17, 15) is 9.18 Å². The van der Waals surface area contributed by atoms with Crippen LogP contribution in [0.5, 0.6) is 0 Å². The Labute approximate surface area is 101 Å². The van der Waals surface area contributed by atoms with Crippen LogP contribution in [-0.2, 0) is 6.54 Å². The van der Waals surface area contributed by atoms with E-state index >= 15 is 0 Å². The lowest BCUT2D eigenvalue weighted by molar-refractivity contribution is 0.572. The van der Waals surface area contributed by atoms with Gasteiger partial charge in [0.25, 0.3) is 5.56 Å². The summed E-state index contributed by atoms with van der Waals surface area (Å²) >= 11 is 5.63. The smallest absolute Gasteiger partial charge is 0.269 e. The number of nitrogens with zero attached hydrogens (tertiary/aromatic N) is 2. The van der Waals surface area contributed by atoms with E-state index in [0.717, 1.165) is 4.68 Å². The molecule has 2 aromatic rings. The first-order valence-electron chi connectivity index (χ1n) is 4.83. The molecule has 0 saturated carbocycles. The average Bonchev–Trinajstić information content (AvgIpc) is 2.25. The topological polar surface area (TPSA) is 60.9 Å². The number of hydrogen-bond donors (Lipinski definition) is 1. The van der Waals surface area contributed by atoms with Crippen molar-refractivity contribution in [2.75, 3.05) is 5.73 Å². The minimum atomic E-state index is -0.469. The highest BCUT2D eigenvalue weighted by Crippen LogP contribution is 2.14. The lowest BCUT2D eigenvalue weighted by atomic mass is 10.2. The number of anilines is 1. The van der Waals surface area contributed by atoms with Gasteiger partial charge in [0.15, 0.2) is 0 Å². The van der Waals surface area contributed by atoms with Crippen molar-refractivity contribution in [1.29, 1.82) is 0 Å². The Morgan fingerprint density at radius 1 is 1.41 bits per heavy atom. The van der Waals surface area contributed by atoms with Gasteiger partial charge in [0.1, 0.15) is 5.82 Å². The maximum atomic E-state index is 13.5. The third kappa shape index (κ3) is 2.62. The SMILES string of the molecule is Nc1cnn(Cc2ccc(Cl)cc2F)c(=O)c1. The fraction of sp³-hybridized carbons (Fsp3) is 0.0909. The monoisotopic (exact) mass is 253 g/mol. The molecule has 6 heteroatoms. The van der Waals surface area contributed by atoms with E-state index in [1.165, 1.54) is 24.4 Å². The maximum absolute atomic E-state index is 13.5. The minimum Gasteiger partial charge on any atom is -0.397 e. The van der Waals surface area contributed by atoms with Crippen LogP contribution in [0.3, 0.4) is 0 Å². The van der Waals surface area contributed by atoms with Gasteiger partial charge in [-0.25, -0.2) is 9.07 Å². The summed E-state index contributed by atoms with van der Waals surface area (Å²) in [7, 11) is 0. The number of aromatic nitrogens is 2. The highest BCUT2D eigenvalue weighted by atomic mass is 35.5. The van der Waals surface area contributed by atoms with E-state index in [-0.39, 0.29) is 17.8 Å². The van der Waals surface area contributed by atoms with Crippen LogP contribution in [0.2, 0.25) is 5.02 Å². The van der Waals surface area contributed by atoms with Crippen molar-refractivity contribution in [3.8, 4) is 0 Å². The van der Waals surface area contributed by atoms with Gasteiger partial charge in [0.2, 0.25) is 0 Å². The summed E-state index contributed by atoms with van der Waals surface area (Å²) in [6.45, 7) is 0.0438. The second-order valence-electron chi connectivity index (χ2n) is 3.52. The zero-order valence-corrected chi connectivity index (χ0v) is 9.49. The van der Waals surface area contributed by atoms with Crippen LogP contribution in [0.1, 0.15) is 5.56 Å². The van der Waals surface area contributed by atoms with Gasteiger partial charge in [-0.3, -0.25) is 4.79 Å². The van der Waals surface area contributed by atoms with Crippen LogP contribution < -0.4 is 11.3 Å². The standard InChI is InChI=1S/C11H9ClFN3O/c12-8-2-1-7(10(13)3-8)6-16-11(17)4-9(14)5-15-16/h1-5H,6,14H2. The Morgan fingerprint density at radius 3 is 2.82 bits per heavy atom. The molecule has 17 heavy (non-hydrogen) atoms. The van der Waals surface area contributed by atoms with E-state index in [2.05, 4.69) is 5.10 Å². The lowest BCUT2D eigenvalue weighted by Gasteiger charge is -2.06. The molecular weight excluding hydrogens is 245 g/mol. The second-order valence-corrected chi connectivity index (χ2v) is 3.96. The average molecular weight is 254 g/mol. The fourth-order valence-electron chi connectivity index (χ4n) is 1.38. The Balaban J connectivity index is 2.35. The van der Waals surface area contributed by atoms with Crippen molar-refractivity contribution in [3.63, 3.8) is 0 Å². The quantitative estimate of drug-likeness (QED) is 0.886. The highest BCUT2D eigenvalue weighted by Gasteiger charge is 2.05. The van der Waals surface area contributed by atoms with Crippen molar-refractivity contribution in [2.45, 2.75) is 6.54 Å². The summed E-state index contributed by atoms with van der Waals surface area (Å²) in [4.78, 5) is 11.5. The normalized spacial score (nSPS) is 10.5. The molecule has 0 atom stereocenters. The molecule has 0 fully saturated rings. The fourth-order valence-corrected chi connectivity index (χ4v) is 1.54. The Hall–Kier alpha value is -1.88. The van der Waals surface area contributed by atoms with E-state index in [0.29, 0.717) is 10.6 Å². The van der Waals surface area contributed by atoms with E-state index in [4.69, 9.17) is 17.3 Å². The third-order valence-corrected chi connectivity index (χ3v) is 2.46. The van der Waals surface area contributed by atoms with Crippen molar-refractivity contribution < 1.29 is 4.39 Å². The van der Waals surface area contributed by atoms with Gasteiger partial charge in [-0.1, -0.05) is 17.7 Å². The van der Waals surface area contributed by atoms with Crippen molar-refractivity contribution in [3.05, 3.63) is 57.2 Å². The molecule has 1 heterocycles. The number of nitrogen functional groups attached to an aromatic ring is 1. The molecule has 0 unspecified atom stereocenters. The van der Waals surface area contributed by atoms with Crippen molar-refractivity contribution in [1.82, 2.24) is 9.78 Å². The first-order chi connectivity index (χ1) is 8.06. The highest BCUT2D eigenvalue weighted by molar-refractivity contribution is 6.30. The third-order valence-electron chi connectivity index (χ3n) is 2.23. The first kappa shape index (κ1) is 11.6. The molecule has 0 radical (unpaired) electrons. The van der Waals surface area contributed by atoms with Crippen LogP contribution >= 0.6 is 11.6 Å². The predicted molar refractivity (Wildman–Crippen MR) is 63.4 cm³/mol. The minimum absolute atomic E-state index is 0.0438. The van der Waals surface area contributed by atoms with Gasteiger partial charge in [-0.2, -0.15) is 5.10 Å². The van der Waals surface area contributed by atoms with Crippen molar-refractivity contribution >= 4 is 17.3 Å². The Morgan fingerprint density at radius 2 is 2.18 bits per heavy atom. The summed E-state index contributed by atoms with van der Waals surface area (Å²) in [6.07, 6.45) is 1.34. The largest absolute Gasteiger partial charge is 0.397 e. The number of benzene rings is 1. The molecule has 0 spiro atoms. The molecule has 4 nitrogen and oxygen atoms in total. The molecule has 0 aliphatic rings. The number of halogens is 2. The molecule has 88 valence electrons. The molecule has 2 N–H and O–H groups in total. The zero-order chi connectivity index (χ0) is 12.4. The molecule has 0 bridgehead atoms. The van der Waals surface area contributed by atoms with Crippen LogP contribution in [0.4, 0.5) is 10.1 Å². The molecule has 1 aromatic heterocycles. The van der Waals surface area contributed by atoms with Gasteiger partial charge in [-0.05, 0) is 12.1 Å². The predicted octanol–water partition coefficient (Wildman–Crippen LogP) is 1.67. The molecular formula is C11H9ClFN3O. The molecule has 2 rings (SSSR count). The molecule has 0 aliphatic carbocycles. The number of rotatable bonds is 2. The van der Waals surface area contributed by atoms with Gasteiger partial charge in [0, 0.05) is 16.7 Å². The summed E-state index contributed by atoms with van der Waals surface area (Å²) in [5, 5.41) is 4.13. The van der Waals surface area contributed by atoms with Crippen molar-refractivity contribution in [2.24, 2.45) is 0 Å². The number of hydrogen-bond acceptors (Lipinski definition) is 3.